The fourth-order valence-corrected chi connectivity index (χ4v) is 4.18. The highest BCUT2D eigenvalue weighted by molar-refractivity contribution is 5.50. The molecule has 1 saturated heterocycles. The van der Waals surface area contributed by atoms with E-state index in [1.165, 1.54) is 29.9 Å². The van der Waals surface area contributed by atoms with Gasteiger partial charge in [-0.15, -0.1) is 0 Å². The van der Waals surface area contributed by atoms with Crippen molar-refractivity contribution >= 4 is 5.82 Å². The quantitative estimate of drug-likeness (QED) is 0.838. The first-order valence-electron chi connectivity index (χ1n) is 9.69. The lowest BCUT2D eigenvalue weighted by molar-refractivity contribution is 0.254. The Morgan fingerprint density at radius 1 is 1.19 bits per heavy atom. The number of aromatic nitrogens is 2. The van der Waals surface area contributed by atoms with Crippen LogP contribution in [-0.4, -0.2) is 66.1 Å². The normalized spacial score (nSPS) is 21.7. The van der Waals surface area contributed by atoms with Crippen LogP contribution >= 0.6 is 0 Å². The van der Waals surface area contributed by atoms with Gasteiger partial charge in [0.1, 0.15) is 17.9 Å². The van der Waals surface area contributed by atoms with E-state index in [9.17, 15) is 0 Å². The number of fused-ring (bicyclic) bond motifs is 1. The second-order valence-electron chi connectivity index (χ2n) is 7.68. The molecular formula is C20H29N5O. The molecule has 0 aliphatic carbocycles. The Bertz CT molecular complexity index is 715. The van der Waals surface area contributed by atoms with Gasteiger partial charge in [-0.25, -0.2) is 9.97 Å². The minimum Gasteiger partial charge on any atom is -0.468 e. The van der Waals surface area contributed by atoms with Crippen molar-refractivity contribution in [1.82, 2.24) is 19.8 Å². The minimum atomic E-state index is 0.607. The van der Waals surface area contributed by atoms with Crippen molar-refractivity contribution in [2.24, 2.45) is 0 Å². The largest absolute Gasteiger partial charge is 0.468 e. The molecule has 0 aromatic carbocycles. The van der Waals surface area contributed by atoms with E-state index in [2.05, 4.69) is 39.8 Å². The summed E-state index contributed by atoms with van der Waals surface area (Å²) in [5.74, 6) is 2.20. The number of furan rings is 1. The van der Waals surface area contributed by atoms with Crippen molar-refractivity contribution < 1.29 is 4.42 Å². The molecule has 0 N–H and O–H groups in total. The molecule has 2 aromatic rings. The van der Waals surface area contributed by atoms with Crippen LogP contribution in [0.15, 0.2) is 29.1 Å². The Morgan fingerprint density at radius 2 is 2.08 bits per heavy atom. The maximum atomic E-state index is 5.52. The maximum Gasteiger partial charge on any atom is 0.135 e. The zero-order valence-electron chi connectivity index (χ0n) is 15.9. The molecule has 2 aliphatic rings. The number of hydrogen-bond acceptors (Lipinski definition) is 6. The van der Waals surface area contributed by atoms with Crippen molar-refractivity contribution in [3.63, 3.8) is 0 Å². The molecule has 26 heavy (non-hydrogen) atoms. The topological polar surface area (TPSA) is 48.6 Å². The van der Waals surface area contributed by atoms with Crippen LogP contribution in [0.3, 0.4) is 0 Å². The highest BCUT2D eigenvalue weighted by Crippen LogP contribution is 2.27. The van der Waals surface area contributed by atoms with E-state index in [-0.39, 0.29) is 0 Å². The average Bonchev–Trinajstić information content (AvgIpc) is 3.08. The molecule has 0 bridgehead atoms. The molecule has 1 fully saturated rings. The van der Waals surface area contributed by atoms with E-state index in [1.54, 1.807) is 12.6 Å². The van der Waals surface area contributed by atoms with Gasteiger partial charge in [-0.05, 0) is 45.5 Å². The van der Waals surface area contributed by atoms with Crippen molar-refractivity contribution in [2.45, 2.75) is 38.3 Å². The van der Waals surface area contributed by atoms with Gasteiger partial charge < -0.3 is 14.2 Å². The van der Waals surface area contributed by atoms with Gasteiger partial charge in [0.15, 0.2) is 0 Å². The summed E-state index contributed by atoms with van der Waals surface area (Å²) in [4.78, 5) is 16.6. The summed E-state index contributed by atoms with van der Waals surface area (Å²) in [6.07, 6.45) is 8.00. The molecule has 0 radical (unpaired) electrons. The number of piperidine rings is 1. The van der Waals surface area contributed by atoms with Crippen LogP contribution in [0, 0.1) is 0 Å². The van der Waals surface area contributed by atoms with Crippen molar-refractivity contribution in [1.29, 1.82) is 0 Å². The minimum absolute atomic E-state index is 0.607. The van der Waals surface area contributed by atoms with E-state index in [4.69, 9.17) is 9.40 Å². The second kappa shape index (κ2) is 7.76. The Labute approximate surface area is 155 Å². The summed E-state index contributed by atoms with van der Waals surface area (Å²) in [5.41, 5.74) is 2.58. The van der Waals surface area contributed by atoms with Gasteiger partial charge in [0.05, 0.1) is 18.5 Å². The molecule has 1 atom stereocenters. The first-order chi connectivity index (χ1) is 12.7. The monoisotopic (exact) mass is 355 g/mol. The van der Waals surface area contributed by atoms with Gasteiger partial charge in [0.2, 0.25) is 0 Å². The van der Waals surface area contributed by atoms with Gasteiger partial charge in [-0.3, -0.25) is 4.90 Å². The SMILES string of the molecule is CN(C)[C@H]1CCCN(c2ncnc3c2CCN(Cc2ccco2)CC3)C1. The van der Waals surface area contributed by atoms with E-state index in [0.717, 1.165) is 51.3 Å². The third kappa shape index (κ3) is 3.76. The average molecular weight is 355 g/mol. The molecule has 2 aliphatic heterocycles. The van der Waals surface area contributed by atoms with Gasteiger partial charge in [-0.2, -0.15) is 0 Å². The molecule has 0 spiro atoms. The van der Waals surface area contributed by atoms with Gasteiger partial charge in [-0.1, -0.05) is 0 Å². The molecule has 0 saturated carbocycles. The lowest BCUT2D eigenvalue weighted by Gasteiger charge is -2.37. The maximum absolute atomic E-state index is 5.52. The molecule has 4 rings (SSSR count). The number of nitrogens with zero attached hydrogens (tertiary/aromatic N) is 5. The first kappa shape index (κ1) is 17.5. The highest BCUT2D eigenvalue weighted by atomic mass is 16.3. The second-order valence-corrected chi connectivity index (χ2v) is 7.68. The van der Waals surface area contributed by atoms with Crippen molar-refractivity contribution in [2.75, 3.05) is 45.2 Å². The molecule has 6 nitrogen and oxygen atoms in total. The standard InChI is InChI=1S/C20H29N5O/c1-23(2)16-5-3-9-25(13-16)20-18-7-10-24(14-17-6-4-12-26-17)11-8-19(18)21-15-22-20/h4,6,12,15-16H,3,5,7-11,13-14H2,1-2H3/t16-/m0/s1. The summed E-state index contributed by atoms with van der Waals surface area (Å²) in [6, 6.07) is 4.62. The van der Waals surface area contributed by atoms with Crippen LogP contribution in [0.25, 0.3) is 0 Å². The molecule has 2 aromatic heterocycles. The number of likely N-dealkylation sites (N-methyl/N-ethyl adjacent to an activating group) is 1. The fourth-order valence-electron chi connectivity index (χ4n) is 4.18. The van der Waals surface area contributed by atoms with Crippen molar-refractivity contribution in [3.8, 4) is 0 Å². The number of rotatable bonds is 4. The smallest absolute Gasteiger partial charge is 0.135 e. The first-order valence-corrected chi connectivity index (χ1v) is 9.69. The summed E-state index contributed by atoms with van der Waals surface area (Å²) >= 11 is 0. The Balaban J connectivity index is 1.50. The lowest BCUT2D eigenvalue weighted by Crippen LogP contribution is -2.45. The van der Waals surface area contributed by atoms with Crippen LogP contribution in [-0.2, 0) is 19.4 Å². The molecule has 140 valence electrons. The van der Waals surface area contributed by atoms with Gasteiger partial charge in [0.25, 0.3) is 0 Å². The van der Waals surface area contributed by atoms with Crippen LogP contribution in [0.1, 0.15) is 29.9 Å². The Hall–Kier alpha value is -1.92. The van der Waals surface area contributed by atoms with Crippen LogP contribution < -0.4 is 4.90 Å². The van der Waals surface area contributed by atoms with E-state index >= 15 is 0 Å². The zero-order chi connectivity index (χ0) is 17.9. The van der Waals surface area contributed by atoms with E-state index in [0.29, 0.717) is 6.04 Å². The predicted octanol–water partition coefficient (Wildman–Crippen LogP) is 2.20. The summed E-state index contributed by atoms with van der Waals surface area (Å²) in [5, 5.41) is 0. The van der Waals surface area contributed by atoms with Gasteiger partial charge >= 0.3 is 0 Å². The van der Waals surface area contributed by atoms with Gasteiger partial charge in [0, 0.05) is 44.2 Å². The third-order valence-electron chi connectivity index (χ3n) is 5.74. The zero-order valence-corrected chi connectivity index (χ0v) is 15.9. The molecular weight excluding hydrogens is 326 g/mol. The fraction of sp³-hybridized carbons (Fsp3) is 0.600. The van der Waals surface area contributed by atoms with Crippen LogP contribution in [0.2, 0.25) is 0 Å². The highest BCUT2D eigenvalue weighted by Gasteiger charge is 2.26. The third-order valence-corrected chi connectivity index (χ3v) is 5.74. The molecule has 0 amide bonds. The lowest BCUT2D eigenvalue weighted by atomic mass is 10.0. The predicted molar refractivity (Wildman–Crippen MR) is 102 cm³/mol. The van der Waals surface area contributed by atoms with Crippen LogP contribution in [0.4, 0.5) is 5.82 Å². The Kier molecular flexibility index (Phi) is 5.22. The van der Waals surface area contributed by atoms with Crippen LogP contribution in [0.5, 0.6) is 0 Å². The summed E-state index contributed by atoms with van der Waals surface area (Å²) in [7, 11) is 4.36. The number of hydrogen-bond donors (Lipinski definition) is 0. The molecule has 4 heterocycles. The van der Waals surface area contributed by atoms with E-state index < -0.39 is 0 Å². The van der Waals surface area contributed by atoms with E-state index in [1.807, 2.05) is 6.07 Å². The summed E-state index contributed by atoms with van der Waals surface area (Å²) in [6.45, 7) is 5.08. The van der Waals surface area contributed by atoms with Crippen molar-refractivity contribution in [3.05, 3.63) is 41.7 Å². The molecule has 0 unspecified atom stereocenters. The Morgan fingerprint density at radius 3 is 2.88 bits per heavy atom. The summed E-state index contributed by atoms with van der Waals surface area (Å²) < 4.78 is 5.52. The number of anilines is 1. The molecule has 6 heteroatoms.